The maximum absolute atomic E-state index is 13.1. The SMILES string of the molecule is Cc1cc(C)cc(CNC(=O)C[C@@H](CCN2CCC3(CC2)CN(S(C)(=O)=O)c2ccccc23)c2ccc(Cl)c(Cl)c2)c1. The van der Waals surface area contributed by atoms with Gasteiger partial charge in [0.25, 0.3) is 0 Å². The van der Waals surface area contributed by atoms with Crippen LogP contribution in [-0.2, 0) is 26.8 Å². The number of halogens is 2. The fraction of sp³-hybridized carbons (Fsp3) is 0.424. The summed E-state index contributed by atoms with van der Waals surface area (Å²) in [5.74, 6) is -0.00547. The van der Waals surface area contributed by atoms with Crippen molar-refractivity contribution in [3.8, 4) is 0 Å². The molecule has 2 heterocycles. The first kappa shape index (κ1) is 30.9. The van der Waals surface area contributed by atoms with Crippen molar-refractivity contribution in [3.05, 3.63) is 98.5 Å². The lowest BCUT2D eigenvalue weighted by Crippen LogP contribution is -2.46. The van der Waals surface area contributed by atoms with E-state index in [9.17, 15) is 13.2 Å². The van der Waals surface area contributed by atoms with Gasteiger partial charge in [-0.25, -0.2) is 8.42 Å². The summed E-state index contributed by atoms with van der Waals surface area (Å²) in [5, 5.41) is 4.10. The highest BCUT2D eigenvalue weighted by Gasteiger charge is 2.46. The van der Waals surface area contributed by atoms with Crippen LogP contribution in [0, 0.1) is 13.8 Å². The Hall–Kier alpha value is -2.58. The van der Waals surface area contributed by atoms with Gasteiger partial charge >= 0.3 is 0 Å². The van der Waals surface area contributed by atoms with E-state index in [0.717, 1.165) is 61.3 Å². The summed E-state index contributed by atoms with van der Waals surface area (Å²) in [6.07, 6.45) is 4.23. The van der Waals surface area contributed by atoms with Gasteiger partial charge in [0.2, 0.25) is 15.9 Å². The number of piperidine rings is 1. The lowest BCUT2D eigenvalue weighted by atomic mass is 9.74. The third-order valence-electron chi connectivity index (χ3n) is 8.82. The number of anilines is 1. The molecule has 3 aromatic carbocycles. The Bertz CT molecular complexity index is 1550. The number of hydrogen-bond acceptors (Lipinski definition) is 4. The molecule has 0 radical (unpaired) electrons. The molecule has 224 valence electrons. The Morgan fingerprint density at radius 3 is 2.33 bits per heavy atom. The molecule has 3 aromatic rings. The second-order valence-electron chi connectivity index (χ2n) is 12.0. The van der Waals surface area contributed by atoms with E-state index in [0.29, 0.717) is 29.6 Å². The van der Waals surface area contributed by atoms with Crippen LogP contribution in [0.2, 0.25) is 10.0 Å². The highest BCUT2D eigenvalue weighted by Crippen LogP contribution is 2.48. The molecule has 1 spiro atoms. The van der Waals surface area contributed by atoms with E-state index in [1.807, 2.05) is 30.3 Å². The van der Waals surface area contributed by atoms with E-state index < -0.39 is 10.0 Å². The Morgan fingerprint density at radius 1 is 0.976 bits per heavy atom. The average Bonchev–Trinajstić information content (AvgIpc) is 3.26. The van der Waals surface area contributed by atoms with E-state index in [-0.39, 0.29) is 17.2 Å². The first-order chi connectivity index (χ1) is 19.9. The molecule has 1 fully saturated rings. The molecule has 2 aliphatic rings. The second kappa shape index (κ2) is 12.6. The molecule has 9 heteroatoms. The van der Waals surface area contributed by atoms with Crippen LogP contribution in [0.4, 0.5) is 5.69 Å². The zero-order valence-electron chi connectivity index (χ0n) is 24.5. The summed E-state index contributed by atoms with van der Waals surface area (Å²) in [7, 11) is -3.34. The Labute approximate surface area is 260 Å². The number of carbonyl (C=O) groups excluding carboxylic acids is 1. The lowest BCUT2D eigenvalue weighted by Gasteiger charge is -2.40. The number of likely N-dealkylation sites (tertiary alicyclic amines) is 1. The van der Waals surface area contributed by atoms with Crippen molar-refractivity contribution in [2.24, 2.45) is 0 Å². The van der Waals surface area contributed by atoms with Crippen LogP contribution in [0.25, 0.3) is 0 Å². The highest BCUT2D eigenvalue weighted by molar-refractivity contribution is 7.92. The van der Waals surface area contributed by atoms with E-state index in [1.165, 1.54) is 17.4 Å². The molecule has 0 aliphatic carbocycles. The third kappa shape index (κ3) is 6.96. The summed E-state index contributed by atoms with van der Waals surface area (Å²) in [6, 6.07) is 19.9. The van der Waals surface area contributed by atoms with Gasteiger partial charge in [-0.2, -0.15) is 0 Å². The topological polar surface area (TPSA) is 69.7 Å². The minimum atomic E-state index is -3.34. The van der Waals surface area contributed by atoms with Gasteiger partial charge in [-0.1, -0.05) is 76.8 Å². The van der Waals surface area contributed by atoms with Gasteiger partial charge < -0.3 is 10.2 Å². The summed E-state index contributed by atoms with van der Waals surface area (Å²) < 4.78 is 26.7. The Kier molecular flexibility index (Phi) is 9.24. The van der Waals surface area contributed by atoms with Crippen molar-refractivity contribution < 1.29 is 13.2 Å². The van der Waals surface area contributed by atoms with Crippen LogP contribution in [0.5, 0.6) is 0 Å². The number of amides is 1. The minimum Gasteiger partial charge on any atom is -0.352 e. The van der Waals surface area contributed by atoms with Gasteiger partial charge in [-0.15, -0.1) is 0 Å². The maximum atomic E-state index is 13.1. The zero-order valence-corrected chi connectivity index (χ0v) is 26.8. The number of fused-ring (bicyclic) bond motifs is 2. The van der Waals surface area contributed by atoms with Crippen molar-refractivity contribution in [1.82, 2.24) is 10.2 Å². The number of benzene rings is 3. The predicted molar refractivity (Wildman–Crippen MR) is 172 cm³/mol. The van der Waals surface area contributed by atoms with Crippen molar-refractivity contribution in [1.29, 1.82) is 0 Å². The average molecular weight is 629 g/mol. The van der Waals surface area contributed by atoms with Crippen LogP contribution in [0.15, 0.2) is 60.7 Å². The molecular formula is C33H39Cl2N3O3S. The first-order valence-corrected chi connectivity index (χ1v) is 17.1. The van der Waals surface area contributed by atoms with Crippen molar-refractivity contribution in [2.75, 3.05) is 36.7 Å². The molecule has 0 saturated carbocycles. The van der Waals surface area contributed by atoms with Crippen molar-refractivity contribution in [3.63, 3.8) is 0 Å². The molecule has 0 aromatic heterocycles. The summed E-state index contributed by atoms with van der Waals surface area (Å²) in [6.45, 7) is 7.71. The molecule has 2 aliphatic heterocycles. The van der Waals surface area contributed by atoms with Gasteiger partial charge in [-0.05, 0) is 93.6 Å². The fourth-order valence-electron chi connectivity index (χ4n) is 6.67. The fourth-order valence-corrected chi connectivity index (χ4v) is 7.98. The molecule has 6 nitrogen and oxygen atoms in total. The molecule has 1 amide bonds. The third-order valence-corrected chi connectivity index (χ3v) is 10.7. The first-order valence-electron chi connectivity index (χ1n) is 14.5. The lowest BCUT2D eigenvalue weighted by molar-refractivity contribution is -0.121. The molecule has 0 bridgehead atoms. The Balaban J connectivity index is 1.24. The number of nitrogens with one attached hydrogen (secondary N) is 1. The number of sulfonamides is 1. The quantitative estimate of drug-likeness (QED) is 0.290. The summed E-state index contributed by atoms with van der Waals surface area (Å²) in [4.78, 5) is 15.6. The van der Waals surface area contributed by atoms with Crippen LogP contribution in [0.3, 0.4) is 0 Å². The van der Waals surface area contributed by atoms with Gasteiger partial charge in [0.15, 0.2) is 0 Å². The summed E-state index contributed by atoms with van der Waals surface area (Å²) in [5.41, 5.74) is 6.27. The summed E-state index contributed by atoms with van der Waals surface area (Å²) >= 11 is 12.6. The van der Waals surface area contributed by atoms with Gasteiger partial charge in [0.1, 0.15) is 0 Å². The number of aryl methyl sites for hydroxylation is 2. The molecule has 42 heavy (non-hydrogen) atoms. The van der Waals surface area contributed by atoms with Crippen molar-refractivity contribution >= 4 is 44.8 Å². The number of hydrogen-bond donors (Lipinski definition) is 1. The van der Waals surface area contributed by atoms with E-state index in [1.54, 1.807) is 10.4 Å². The van der Waals surface area contributed by atoms with E-state index in [4.69, 9.17) is 23.2 Å². The van der Waals surface area contributed by atoms with Crippen LogP contribution in [-0.4, -0.2) is 51.7 Å². The zero-order chi connectivity index (χ0) is 30.1. The molecule has 1 N–H and O–H groups in total. The minimum absolute atomic E-state index is 0.00579. The van der Waals surface area contributed by atoms with Crippen molar-refractivity contribution in [2.45, 2.75) is 57.4 Å². The standard InChI is InChI=1S/C33H39Cl2N3O3S/c1-23-16-24(2)18-25(17-23)21-36-32(39)20-27(26-8-9-29(34)30(35)19-26)10-13-37-14-11-33(12-15-37)22-38(42(3,40)41)31-7-5-4-6-28(31)33/h4-9,16-19,27H,10-15,20-22H2,1-3H3,(H,36,39)/t27-/m1/s1. The highest BCUT2D eigenvalue weighted by atomic mass is 35.5. The smallest absolute Gasteiger partial charge is 0.232 e. The number of carbonyl (C=O) groups is 1. The van der Waals surface area contributed by atoms with Crippen LogP contribution in [0.1, 0.15) is 59.4 Å². The van der Waals surface area contributed by atoms with Gasteiger partial charge in [0.05, 0.1) is 22.0 Å². The number of nitrogens with zero attached hydrogens (tertiary/aromatic N) is 2. The van der Waals surface area contributed by atoms with E-state index >= 15 is 0 Å². The number of para-hydroxylation sites is 1. The van der Waals surface area contributed by atoms with Crippen LogP contribution < -0.4 is 9.62 Å². The number of rotatable bonds is 9. The molecule has 0 unspecified atom stereocenters. The Morgan fingerprint density at radius 2 is 1.67 bits per heavy atom. The molecule has 1 atom stereocenters. The monoisotopic (exact) mass is 627 g/mol. The van der Waals surface area contributed by atoms with Gasteiger partial charge in [0, 0.05) is 24.9 Å². The van der Waals surface area contributed by atoms with Crippen LogP contribution >= 0.6 is 23.2 Å². The molecule has 1 saturated heterocycles. The molecular weight excluding hydrogens is 589 g/mol. The second-order valence-corrected chi connectivity index (χ2v) is 14.8. The normalized spacial score (nSPS) is 17.3. The largest absolute Gasteiger partial charge is 0.352 e. The van der Waals surface area contributed by atoms with E-state index in [2.05, 4.69) is 48.3 Å². The predicted octanol–water partition coefficient (Wildman–Crippen LogP) is 6.60. The molecule has 5 rings (SSSR count). The maximum Gasteiger partial charge on any atom is 0.232 e. The van der Waals surface area contributed by atoms with Gasteiger partial charge in [-0.3, -0.25) is 9.10 Å².